The van der Waals surface area contributed by atoms with E-state index in [2.05, 4.69) is 5.10 Å². The first kappa shape index (κ1) is 21.7. The molecule has 0 aliphatic carbocycles. The Balaban J connectivity index is 1.69. The number of aromatic nitrogens is 2. The van der Waals surface area contributed by atoms with Crippen molar-refractivity contribution in [3.05, 3.63) is 65.5 Å². The Labute approximate surface area is 192 Å². The summed E-state index contributed by atoms with van der Waals surface area (Å²) in [6.07, 6.45) is 2.73. The molecule has 2 heterocycles. The number of aromatic hydroxyl groups is 1. The summed E-state index contributed by atoms with van der Waals surface area (Å²) in [5.74, 6) is -0.136. The Morgan fingerprint density at radius 1 is 1.22 bits per heavy atom. The summed E-state index contributed by atoms with van der Waals surface area (Å²) in [5, 5.41) is 15.5. The van der Waals surface area contributed by atoms with Crippen molar-refractivity contribution >= 4 is 50.9 Å². The van der Waals surface area contributed by atoms with Crippen molar-refractivity contribution in [3.63, 3.8) is 0 Å². The number of anilines is 1. The van der Waals surface area contributed by atoms with Gasteiger partial charge < -0.3 is 24.7 Å². The van der Waals surface area contributed by atoms with Gasteiger partial charge in [-0.3, -0.25) is 4.79 Å². The van der Waals surface area contributed by atoms with Gasteiger partial charge >= 0.3 is 0 Å². The van der Waals surface area contributed by atoms with Crippen LogP contribution in [0.25, 0.3) is 11.0 Å². The molecule has 0 saturated carbocycles. The highest BCUT2D eigenvalue weighted by molar-refractivity contribution is 8.22. The zero-order valence-electron chi connectivity index (χ0n) is 17.2. The van der Waals surface area contributed by atoms with Crippen LogP contribution in [-0.2, 0) is 5.75 Å². The first-order valence-electron chi connectivity index (χ1n) is 9.41. The number of nitrogen functional groups attached to an aromatic ring is 1. The zero-order valence-corrected chi connectivity index (χ0v) is 18.8. The third-order valence-corrected chi connectivity index (χ3v) is 6.28. The van der Waals surface area contributed by atoms with Gasteiger partial charge in [0.1, 0.15) is 17.1 Å². The highest BCUT2D eigenvalue weighted by Gasteiger charge is 2.30. The van der Waals surface area contributed by atoms with Crippen LogP contribution < -0.4 is 15.2 Å². The van der Waals surface area contributed by atoms with Crippen molar-refractivity contribution in [2.24, 2.45) is 0 Å². The maximum atomic E-state index is 13.4. The Hall–Kier alpha value is -3.50. The van der Waals surface area contributed by atoms with E-state index in [0.717, 1.165) is 5.56 Å². The third-order valence-electron chi connectivity index (χ3n) is 4.86. The van der Waals surface area contributed by atoms with E-state index in [9.17, 15) is 9.90 Å². The van der Waals surface area contributed by atoms with Gasteiger partial charge in [0.15, 0.2) is 15.7 Å². The number of carbonyl (C=O) groups is 1. The number of carbonyl (C=O) groups excluding carboxylic acids is 1. The van der Waals surface area contributed by atoms with Gasteiger partial charge in [0, 0.05) is 5.75 Å². The third kappa shape index (κ3) is 3.67. The molecule has 0 unspecified atom stereocenters. The molecule has 0 aliphatic heterocycles. The number of nitrogens with two attached hydrogens (primary N) is 1. The van der Waals surface area contributed by atoms with Crippen LogP contribution in [0.2, 0.25) is 0 Å². The van der Waals surface area contributed by atoms with Crippen molar-refractivity contribution in [1.29, 1.82) is 0 Å². The first-order chi connectivity index (χ1) is 15.5. The number of phenolic OH excluding ortho intramolecular Hbond substituents is 1. The number of benzene rings is 2. The van der Waals surface area contributed by atoms with Crippen LogP contribution in [0, 0.1) is 0 Å². The molecule has 2 aromatic heterocycles. The Morgan fingerprint density at radius 2 is 1.94 bits per heavy atom. The number of furan rings is 1. The number of rotatable bonds is 6. The summed E-state index contributed by atoms with van der Waals surface area (Å²) in [5.41, 5.74) is 7.55. The summed E-state index contributed by atoms with van der Waals surface area (Å²) in [4.78, 5) is 13.4. The number of ether oxygens (including phenoxy) is 2. The maximum Gasteiger partial charge on any atom is 0.206 e. The fraction of sp³-hybridized carbons (Fsp3) is 0.136. The van der Waals surface area contributed by atoms with Gasteiger partial charge in [0.05, 0.1) is 37.6 Å². The number of ketones is 1. The number of phenols is 1. The standard InChI is InChI=1S/C22H19N3O5S2/c1-28-18-13-8-9-30-19(13)20(29-2)17(27)15(18)16(26)14-10-24-25(21(14)23)22(31)32-11-12-6-4-3-5-7-12/h3-10,27H,11,23H2,1-2H3. The number of nitrogens with zero attached hydrogens (tertiary/aromatic N) is 2. The second-order valence-corrected chi connectivity index (χ2v) is 8.29. The summed E-state index contributed by atoms with van der Waals surface area (Å²) in [7, 11) is 2.76. The van der Waals surface area contributed by atoms with E-state index in [1.165, 1.54) is 43.1 Å². The van der Waals surface area contributed by atoms with Crippen LogP contribution in [0.3, 0.4) is 0 Å². The van der Waals surface area contributed by atoms with Gasteiger partial charge in [0.25, 0.3) is 0 Å². The topological polar surface area (TPSA) is 113 Å². The van der Waals surface area contributed by atoms with Crippen molar-refractivity contribution in [1.82, 2.24) is 9.78 Å². The number of thiocarbonyl (C=S) groups is 1. The second-order valence-electron chi connectivity index (χ2n) is 6.68. The molecule has 10 heteroatoms. The van der Waals surface area contributed by atoms with E-state index in [4.69, 9.17) is 31.8 Å². The minimum absolute atomic E-state index is 0.0223. The Kier molecular flexibility index (Phi) is 6.06. The summed E-state index contributed by atoms with van der Waals surface area (Å²) >= 11 is 6.83. The molecule has 164 valence electrons. The molecule has 0 amide bonds. The highest BCUT2D eigenvalue weighted by Crippen LogP contribution is 2.46. The number of fused-ring (bicyclic) bond motifs is 1. The number of hydrogen-bond donors (Lipinski definition) is 2. The molecular formula is C22H19N3O5S2. The van der Waals surface area contributed by atoms with E-state index in [-0.39, 0.29) is 34.0 Å². The second kappa shape index (κ2) is 8.93. The molecule has 0 bridgehead atoms. The quantitative estimate of drug-likeness (QED) is 0.316. The molecule has 8 nitrogen and oxygen atoms in total. The lowest BCUT2D eigenvalue weighted by Crippen LogP contribution is -2.13. The largest absolute Gasteiger partial charge is 0.504 e. The molecule has 2 aromatic carbocycles. The molecular weight excluding hydrogens is 450 g/mol. The lowest BCUT2D eigenvalue weighted by molar-refractivity contribution is 0.103. The fourth-order valence-electron chi connectivity index (χ4n) is 3.33. The van der Waals surface area contributed by atoms with E-state index >= 15 is 0 Å². The SMILES string of the molecule is COc1c(C(=O)c2cnn(C(=S)SCc3ccccc3)c2N)c(O)c(OC)c2occc12. The molecule has 4 rings (SSSR count). The number of hydrogen-bond acceptors (Lipinski definition) is 9. The van der Waals surface area contributed by atoms with Gasteiger partial charge in [-0.25, -0.2) is 0 Å². The first-order valence-corrected chi connectivity index (χ1v) is 10.8. The van der Waals surface area contributed by atoms with Crippen LogP contribution in [0.1, 0.15) is 21.5 Å². The molecule has 0 aliphatic rings. The molecule has 3 N–H and O–H groups in total. The Bertz CT molecular complexity index is 1310. The predicted octanol–water partition coefficient (Wildman–Crippen LogP) is 4.23. The minimum atomic E-state index is -0.583. The van der Waals surface area contributed by atoms with Gasteiger partial charge in [-0.2, -0.15) is 9.78 Å². The Morgan fingerprint density at radius 3 is 2.62 bits per heavy atom. The van der Waals surface area contributed by atoms with Gasteiger partial charge in [-0.1, -0.05) is 54.3 Å². The van der Waals surface area contributed by atoms with E-state index in [0.29, 0.717) is 15.5 Å². The van der Waals surface area contributed by atoms with Crippen molar-refractivity contribution in [2.45, 2.75) is 5.75 Å². The molecule has 0 saturated heterocycles. The molecule has 4 aromatic rings. The van der Waals surface area contributed by atoms with Gasteiger partial charge in [0.2, 0.25) is 11.5 Å². The lowest BCUT2D eigenvalue weighted by atomic mass is 10.0. The van der Waals surface area contributed by atoms with Gasteiger partial charge in [-0.05, 0) is 11.6 Å². The lowest BCUT2D eigenvalue weighted by Gasteiger charge is -2.14. The average Bonchev–Trinajstić information content (AvgIpc) is 3.44. The highest BCUT2D eigenvalue weighted by atomic mass is 32.2. The minimum Gasteiger partial charge on any atom is -0.504 e. The molecule has 0 radical (unpaired) electrons. The van der Waals surface area contributed by atoms with Gasteiger partial charge in [-0.15, -0.1) is 0 Å². The number of methoxy groups -OCH3 is 2. The van der Waals surface area contributed by atoms with Crippen LogP contribution in [0.15, 0.2) is 53.3 Å². The maximum absolute atomic E-state index is 13.4. The molecule has 32 heavy (non-hydrogen) atoms. The normalized spacial score (nSPS) is 10.9. The van der Waals surface area contributed by atoms with E-state index < -0.39 is 11.5 Å². The number of thioether (sulfide) groups is 1. The molecule has 0 spiro atoms. The van der Waals surface area contributed by atoms with E-state index in [1.54, 1.807) is 6.07 Å². The van der Waals surface area contributed by atoms with Crippen molar-refractivity contribution in [2.75, 3.05) is 20.0 Å². The fourth-order valence-corrected chi connectivity index (χ4v) is 4.41. The van der Waals surface area contributed by atoms with Crippen LogP contribution in [-0.4, -0.2) is 39.2 Å². The smallest absolute Gasteiger partial charge is 0.206 e. The van der Waals surface area contributed by atoms with Crippen LogP contribution in [0.4, 0.5) is 5.82 Å². The van der Waals surface area contributed by atoms with Crippen molar-refractivity contribution < 1.29 is 23.8 Å². The molecule has 0 fully saturated rings. The van der Waals surface area contributed by atoms with E-state index in [1.807, 2.05) is 30.3 Å². The van der Waals surface area contributed by atoms with Crippen molar-refractivity contribution in [3.8, 4) is 17.2 Å². The predicted molar refractivity (Wildman–Crippen MR) is 127 cm³/mol. The summed E-state index contributed by atoms with van der Waals surface area (Å²) in [6.45, 7) is 0. The average molecular weight is 470 g/mol. The summed E-state index contributed by atoms with van der Waals surface area (Å²) < 4.78 is 17.8. The van der Waals surface area contributed by atoms with Crippen LogP contribution >= 0.6 is 24.0 Å². The van der Waals surface area contributed by atoms with Crippen LogP contribution in [0.5, 0.6) is 17.2 Å². The molecule has 0 atom stereocenters. The monoisotopic (exact) mass is 469 g/mol. The zero-order chi connectivity index (χ0) is 22.8. The summed E-state index contributed by atoms with van der Waals surface area (Å²) in [6, 6.07) is 11.4.